The quantitative estimate of drug-likeness (QED) is 0.513. The highest BCUT2D eigenvalue weighted by Gasteiger charge is 2.31. The van der Waals surface area contributed by atoms with E-state index in [0.717, 1.165) is 11.1 Å². The highest BCUT2D eigenvalue weighted by atomic mass is 32.2. The highest BCUT2D eigenvalue weighted by molar-refractivity contribution is 7.92. The van der Waals surface area contributed by atoms with E-state index in [-0.39, 0.29) is 23.6 Å². The lowest BCUT2D eigenvalue weighted by molar-refractivity contribution is 0.0943. The second-order valence-corrected chi connectivity index (χ2v) is 9.60. The predicted molar refractivity (Wildman–Crippen MR) is 127 cm³/mol. The van der Waals surface area contributed by atoms with Gasteiger partial charge in [-0.05, 0) is 55.3 Å². The van der Waals surface area contributed by atoms with E-state index in [1.165, 1.54) is 29.6 Å². The predicted octanol–water partition coefficient (Wildman–Crippen LogP) is 3.56. The van der Waals surface area contributed by atoms with E-state index in [9.17, 15) is 13.2 Å². The summed E-state index contributed by atoms with van der Waals surface area (Å²) in [6, 6.07) is 19.4. The van der Waals surface area contributed by atoms with E-state index in [2.05, 4.69) is 5.32 Å². The SMILES string of the molecule is COc1ccc(S(=O)(=O)N2CCc3ccccc32)cc1C(=O)NCCOc1ccc(C)cc1. The van der Waals surface area contributed by atoms with Gasteiger partial charge >= 0.3 is 0 Å². The van der Waals surface area contributed by atoms with Crippen LogP contribution in [-0.4, -0.2) is 41.1 Å². The Bertz CT molecular complexity index is 1260. The van der Waals surface area contributed by atoms with Crippen molar-refractivity contribution in [2.45, 2.75) is 18.2 Å². The Morgan fingerprint density at radius 3 is 2.58 bits per heavy atom. The van der Waals surface area contributed by atoms with Crippen LogP contribution in [0.5, 0.6) is 11.5 Å². The van der Waals surface area contributed by atoms with Gasteiger partial charge < -0.3 is 14.8 Å². The molecule has 1 amide bonds. The van der Waals surface area contributed by atoms with Gasteiger partial charge in [0, 0.05) is 6.54 Å². The smallest absolute Gasteiger partial charge is 0.264 e. The Balaban J connectivity index is 1.48. The van der Waals surface area contributed by atoms with Crippen LogP contribution in [0.3, 0.4) is 0 Å². The molecule has 33 heavy (non-hydrogen) atoms. The minimum Gasteiger partial charge on any atom is -0.496 e. The molecule has 0 aliphatic carbocycles. The maximum absolute atomic E-state index is 13.3. The van der Waals surface area contributed by atoms with Gasteiger partial charge in [-0.1, -0.05) is 35.9 Å². The Morgan fingerprint density at radius 2 is 1.82 bits per heavy atom. The molecule has 0 bridgehead atoms. The van der Waals surface area contributed by atoms with Crippen molar-refractivity contribution in [3.05, 3.63) is 83.4 Å². The zero-order valence-corrected chi connectivity index (χ0v) is 19.4. The second kappa shape index (κ2) is 9.54. The van der Waals surface area contributed by atoms with E-state index in [4.69, 9.17) is 9.47 Å². The number of ether oxygens (including phenoxy) is 2. The summed E-state index contributed by atoms with van der Waals surface area (Å²) in [6.45, 7) is 2.89. The molecule has 0 spiro atoms. The second-order valence-electron chi connectivity index (χ2n) is 7.74. The number of carbonyl (C=O) groups is 1. The first-order valence-corrected chi connectivity index (χ1v) is 12.1. The molecule has 0 radical (unpaired) electrons. The van der Waals surface area contributed by atoms with Gasteiger partial charge in [0.05, 0.1) is 29.8 Å². The summed E-state index contributed by atoms with van der Waals surface area (Å²) in [5.74, 6) is 0.581. The van der Waals surface area contributed by atoms with Gasteiger partial charge in [0.1, 0.15) is 18.1 Å². The molecular formula is C25H26N2O5S. The van der Waals surface area contributed by atoms with E-state index in [1.807, 2.05) is 49.4 Å². The van der Waals surface area contributed by atoms with Crippen molar-refractivity contribution in [3.63, 3.8) is 0 Å². The molecule has 172 valence electrons. The zero-order chi connectivity index (χ0) is 23.4. The fraction of sp³-hybridized carbons (Fsp3) is 0.240. The van der Waals surface area contributed by atoms with Crippen molar-refractivity contribution < 1.29 is 22.7 Å². The number of carbonyl (C=O) groups excluding carboxylic acids is 1. The normalized spacial score (nSPS) is 12.8. The average molecular weight is 467 g/mol. The summed E-state index contributed by atoms with van der Waals surface area (Å²) >= 11 is 0. The van der Waals surface area contributed by atoms with Crippen LogP contribution in [0.25, 0.3) is 0 Å². The van der Waals surface area contributed by atoms with Crippen LogP contribution in [0.15, 0.2) is 71.6 Å². The minimum atomic E-state index is -3.82. The Labute approximate surface area is 194 Å². The van der Waals surface area contributed by atoms with Crippen LogP contribution in [0.2, 0.25) is 0 Å². The molecule has 3 aromatic rings. The molecule has 3 aromatic carbocycles. The Kier molecular flexibility index (Phi) is 6.55. The molecule has 1 heterocycles. The van der Waals surface area contributed by atoms with Crippen molar-refractivity contribution in [1.82, 2.24) is 5.32 Å². The molecule has 8 heteroatoms. The molecule has 1 aliphatic rings. The van der Waals surface area contributed by atoms with Crippen molar-refractivity contribution in [1.29, 1.82) is 0 Å². The number of amides is 1. The van der Waals surface area contributed by atoms with Gasteiger partial charge in [-0.3, -0.25) is 9.10 Å². The maximum atomic E-state index is 13.3. The van der Waals surface area contributed by atoms with Crippen molar-refractivity contribution in [2.75, 3.05) is 31.1 Å². The molecule has 0 aromatic heterocycles. The third-order valence-corrected chi connectivity index (χ3v) is 7.33. The van der Waals surface area contributed by atoms with Crippen molar-refractivity contribution >= 4 is 21.6 Å². The summed E-state index contributed by atoms with van der Waals surface area (Å²) in [7, 11) is -2.38. The maximum Gasteiger partial charge on any atom is 0.264 e. The first kappa shape index (κ1) is 22.7. The summed E-state index contributed by atoms with van der Waals surface area (Å²) in [5.41, 5.74) is 2.95. The minimum absolute atomic E-state index is 0.0426. The van der Waals surface area contributed by atoms with Crippen LogP contribution in [-0.2, 0) is 16.4 Å². The number of rotatable bonds is 8. The number of methoxy groups -OCH3 is 1. The van der Waals surface area contributed by atoms with E-state index < -0.39 is 15.9 Å². The molecule has 1 N–H and O–H groups in total. The lowest BCUT2D eigenvalue weighted by atomic mass is 10.2. The largest absolute Gasteiger partial charge is 0.496 e. The van der Waals surface area contributed by atoms with Crippen molar-refractivity contribution in [3.8, 4) is 11.5 Å². The number of benzene rings is 3. The Hall–Kier alpha value is -3.52. The summed E-state index contributed by atoms with van der Waals surface area (Å²) in [5, 5.41) is 2.77. The number of aryl methyl sites for hydroxylation is 1. The number of nitrogens with zero attached hydrogens (tertiary/aromatic N) is 1. The van der Waals surface area contributed by atoms with E-state index in [1.54, 1.807) is 6.07 Å². The number of para-hydroxylation sites is 1. The zero-order valence-electron chi connectivity index (χ0n) is 18.6. The molecule has 1 aliphatic heterocycles. The monoisotopic (exact) mass is 466 g/mol. The first-order valence-electron chi connectivity index (χ1n) is 10.7. The fourth-order valence-electron chi connectivity index (χ4n) is 3.77. The number of sulfonamides is 1. The molecule has 0 saturated carbocycles. The summed E-state index contributed by atoms with van der Waals surface area (Å²) < 4.78 is 39.0. The standard InChI is InChI=1S/C25H26N2O5S/c1-18-7-9-20(10-8-18)32-16-14-26-25(28)22-17-21(11-12-24(22)31-2)33(29,30)27-15-13-19-5-3-4-6-23(19)27/h3-12,17H,13-16H2,1-2H3,(H,26,28). The number of nitrogens with one attached hydrogen (secondary N) is 1. The van der Waals surface area contributed by atoms with Gasteiger partial charge in [0.15, 0.2) is 0 Å². The van der Waals surface area contributed by atoms with E-state index >= 15 is 0 Å². The van der Waals surface area contributed by atoms with Crippen LogP contribution in [0.1, 0.15) is 21.5 Å². The van der Waals surface area contributed by atoms with Gasteiger partial charge in [-0.25, -0.2) is 8.42 Å². The van der Waals surface area contributed by atoms with Gasteiger partial charge in [0.25, 0.3) is 15.9 Å². The van der Waals surface area contributed by atoms with Gasteiger partial charge in [0.2, 0.25) is 0 Å². The molecular weight excluding hydrogens is 440 g/mol. The topological polar surface area (TPSA) is 84.9 Å². The molecule has 0 atom stereocenters. The number of hydrogen-bond donors (Lipinski definition) is 1. The summed E-state index contributed by atoms with van der Waals surface area (Å²) in [4.78, 5) is 12.9. The third kappa shape index (κ3) is 4.80. The van der Waals surface area contributed by atoms with Gasteiger partial charge in [-0.2, -0.15) is 0 Å². The number of anilines is 1. The van der Waals surface area contributed by atoms with Crippen LogP contribution >= 0.6 is 0 Å². The highest BCUT2D eigenvalue weighted by Crippen LogP contribution is 2.33. The fourth-order valence-corrected chi connectivity index (χ4v) is 5.30. The molecule has 0 saturated heterocycles. The van der Waals surface area contributed by atoms with Crippen molar-refractivity contribution in [2.24, 2.45) is 0 Å². The van der Waals surface area contributed by atoms with Crippen LogP contribution in [0, 0.1) is 6.92 Å². The Morgan fingerprint density at radius 1 is 1.06 bits per heavy atom. The van der Waals surface area contributed by atoms with Crippen LogP contribution < -0.4 is 19.1 Å². The molecule has 4 rings (SSSR count). The van der Waals surface area contributed by atoms with Crippen LogP contribution in [0.4, 0.5) is 5.69 Å². The summed E-state index contributed by atoms with van der Waals surface area (Å²) in [6.07, 6.45) is 0.653. The lowest BCUT2D eigenvalue weighted by Crippen LogP contribution is -2.30. The molecule has 0 unspecified atom stereocenters. The first-order chi connectivity index (χ1) is 15.9. The average Bonchev–Trinajstić information content (AvgIpc) is 3.27. The van der Waals surface area contributed by atoms with E-state index in [0.29, 0.717) is 30.2 Å². The number of hydrogen-bond acceptors (Lipinski definition) is 5. The van der Waals surface area contributed by atoms with Gasteiger partial charge in [-0.15, -0.1) is 0 Å². The number of fused-ring (bicyclic) bond motifs is 1. The third-order valence-electron chi connectivity index (χ3n) is 5.53. The lowest BCUT2D eigenvalue weighted by Gasteiger charge is -2.20. The molecule has 0 fully saturated rings. The molecule has 7 nitrogen and oxygen atoms in total.